The van der Waals surface area contributed by atoms with Crippen molar-refractivity contribution in [3.63, 3.8) is 0 Å². The van der Waals surface area contributed by atoms with Gasteiger partial charge in [0.2, 0.25) is 5.91 Å². The molecule has 8 heteroatoms. The number of anilines is 1. The monoisotopic (exact) mass is 359 g/mol. The molecule has 1 aromatic carbocycles. The molecule has 0 aliphatic carbocycles. The number of nitrogens with one attached hydrogen (secondary N) is 1. The Morgan fingerprint density at radius 2 is 1.77 bits per heavy atom. The number of rotatable bonds is 5. The lowest BCUT2D eigenvalue weighted by Crippen LogP contribution is -2.51. The van der Waals surface area contributed by atoms with E-state index in [2.05, 4.69) is 5.32 Å². The van der Waals surface area contributed by atoms with E-state index in [1.807, 2.05) is 4.90 Å². The fourth-order valence-electron chi connectivity index (χ4n) is 2.77. The largest absolute Gasteiger partial charge is 0.461 e. The summed E-state index contributed by atoms with van der Waals surface area (Å²) in [6, 6.07) is 9.38. The Balaban J connectivity index is 1.47. The first-order chi connectivity index (χ1) is 12.6. The summed E-state index contributed by atoms with van der Waals surface area (Å²) in [5.41, 5.74) is 0.511. The first-order valence-electron chi connectivity index (χ1n) is 8.19. The minimum atomic E-state index is -0.890. The maximum Gasteiger partial charge on any atom is 0.296 e. The highest BCUT2D eigenvalue weighted by molar-refractivity contribution is 6.42. The van der Waals surface area contributed by atoms with Crippen LogP contribution in [0.25, 0.3) is 0 Å². The van der Waals surface area contributed by atoms with Gasteiger partial charge in [-0.05, 0) is 24.3 Å². The van der Waals surface area contributed by atoms with Crippen molar-refractivity contribution in [2.75, 3.05) is 37.6 Å². The number of carbonyl (C=O) groups is 3. The van der Waals surface area contributed by atoms with Gasteiger partial charge in [0.15, 0.2) is 5.76 Å². The topological polar surface area (TPSA) is 82.9 Å². The van der Waals surface area contributed by atoms with Gasteiger partial charge in [-0.3, -0.25) is 14.4 Å². The molecule has 7 nitrogen and oxygen atoms in total. The van der Waals surface area contributed by atoms with E-state index in [-0.39, 0.29) is 24.0 Å². The summed E-state index contributed by atoms with van der Waals surface area (Å²) in [6.07, 6.45) is 1.29. The van der Waals surface area contributed by atoms with E-state index in [0.29, 0.717) is 31.9 Å². The van der Waals surface area contributed by atoms with E-state index in [4.69, 9.17) is 4.42 Å². The van der Waals surface area contributed by atoms with Crippen molar-refractivity contribution in [2.24, 2.45) is 0 Å². The SMILES string of the molecule is O=C(NCC(=O)N1CCN(c2ccccc2F)CC1)C(=O)c1ccco1. The zero-order valence-electron chi connectivity index (χ0n) is 14.0. The fraction of sp³-hybridized carbons (Fsp3) is 0.278. The first kappa shape index (κ1) is 17.7. The standard InChI is InChI=1S/C18H18FN3O4/c19-13-4-1-2-5-14(13)21-7-9-22(10-8-21)16(23)12-20-18(25)17(24)15-6-3-11-26-15/h1-6,11H,7-10,12H2,(H,20,25). The van der Waals surface area contributed by atoms with Gasteiger partial charge in [0.05, 0.1) is 18.5 Å². The van der Waals surface area contributed by atoms with Crippen molar-refractivity contribution in [1.82, 2.24) is 10.2 Å². The number of benzene rings is 1. The number of amides is 2. The molecule has 0 atom stereocenters. The molecule has 1 aliphatic rings. The van der Waals surface area contributed by atoms with E-state index in [1.54, 1.807) is 23.1 Å². The summed E-state index contributed by atoms with van der Waals surface area (Å²) in [5.74, 6) is -2.38. The summed E-state index contributed by atoms with van der Waals surface area (Å²) in [7, 11) is 0. The molecule has 2 heterocycles. The Kier molecular flexibility index (Phi) is 5.31. The van der Waals surface area contributed by atoms with E-state index >= 15 is 0 Å². The van der Waals surface area contributed by atoms with Crippen LogP contribution in [0.15, 0.2) is 47.1 Å². The first-order valence-corrected chi connectivity index (χ1v) is 8.19. The maximum absolute atomic E-state index is 13.8. The normalized spacial score (nSPS) is 14.2. The number of nitrogens with zero attached hydrogens (tertiary/aromatic N) is 2. The second-order valence-corrected chi connectivity index (χ2v) is 5.81. The number of carbonyl (C=O) groups excluding carboxylic acids is 3. The Morgan fingerprint density at radius 3 is 2.42 bits per heavy atom. The van der Waals surface area contributed by atoms with E-state index in [0.717, 1.165) is 0 Å². The molecule has 136 valence electrons. The molecular formula is C18H18FN3O4. The molecule has 0 bridgehead atoms. The number of ketones is 1. The van der Waals surface area contributed by atoms with Crippen molar-refractivity contribution in [3.8, 4) is 0 Å². The Labute approximate surface area is 149 Å². The lowest BCUT2D eigenvalue weighted by Gasteiger charge is -2.36. The van der Waals surface area contributed by atoms with Crippen molar-refractivity contribution in [3.05, 3.63) is 54.2 Å². The predicted octanol–water partition coefficient (Wildman–Crippen LogP) is 1.07. The van der Waals surface area contributed by atoms with Gasteiger partial charge in [0, 0.05) is 26.2 Å². The molecule has 1 N–H and O–H groups in total. The molecule has 1 aliphatic heterocycles. The van der Waals surface area contributed by atoms with Gasteiger partial charge in [-0.15, -0.1) is 0 Å². The zero-order chi connectivity index (χ0) is 18.5. The molecule has 0 saturated carbocycles. The number of para-hydroxylation sites is 1. The van der Waals surface area contributed by atoms with E-state index in [9.17, 15) is 18.8 Å². The van der Waals surface area contributed by atoms with Crippen molar-refractivity contribution < 1.29 is 23.2 Å². The third-order valence-corrected chi connectivity index (χ3v) is 4.18. The number of hydrogen-bond donors (Lipinski definition) is 1. The third kappa shape index (κ3) is 3.90. The minimum Gasteiger partial charge on any atom is -0.461 e. The Bertz CT molecular complexity index is 799. The molecule has 1 saturated heterocycles. The molecule has 1 fully saturated rings. The quantitative estimate of drug-likeness (QED) is 0.638. The van der Waals surface area contributed by atoms with Crippen molar-refractivity contribution in [2.45, 2.75) is 0 Å². The van der Waals surface area contributed by atoms with Crippen LogP contribution in [0.3, 0.4) is 0 Å². The maximum atomic E-state index is 13.8. The average molecular weight is 359 g/mol. The van der Waals surface area contributed by atoms with Crippen LogP contribution in [-0.2, 0) is 9.59 Å². The van der Waals surface area contributed by atoms with Gasteiger partial charge >= 0.3 is 0 Å². The lowest BCUT2D eigenvalue weighted by molar-refractivity contribution is -0.132. The van der Waals surface area contributed by atoms with E-state index in [1.165, 1.54) is 24.5 Å². The smallest absolute Gasteiger partial charge is 0.296 e. The number of furan rings is 1. The second-order valence-electron chi connectivity index (χ2n) is 5.81. The highest BCUT2D eigenvalue weighted by atomic mass is 19.1. The summed E-state index contributed by atoms with van der Waals surface area (Å²) in [6.45, 7) is 1.53. The third-order valence-electron chi connectivity index (χ3n) is 4.18. The second kappa shape index (κ2) is 7.81. The van der Waals surface area contributed by atoms with Crippen molar-refractivity contribution in [1.29, 1.82) is 0 Å². The highest BCUT2D eigenvalue weighted by Gasteiger charge is 2.24. The summed E-state index contributed by atoms with van der Waals surface area (Å²) in [4.78, 5) is 39.2. The Hall–Kier alpha value is -3.16. The molecule has 2 aromatic rings. The molecule has 26 heavy (non-hydrogen) atoms. The number of halogens is 1. The molecule has 0 radical (unpaired) electrons. The van der Waals surface area contributed by atoms with Crippen LogP contribution in [0.1, 0.15) is 10.6 Å². The number of hydrogen-bond acceptors (Lipinski definition) is 5. The fourth-order valence-corrected chi connectivity index (χ4v) is 2.77. The van der Waals surface area contributed by atoms with Crippen LogP contribution in [0, 0.1) is 5.82 Å². The van der Waals surface area contributed by atoms with Crippen LogP contribution < -0.4 is 10.2 Å². The molecule has 1 aromatic heterocycles. The van der Waals surface area contributed by atoms with Gasteiger partial charge in [-0.25, -0.2) is 4.39 Å². The van der Waals surface area contributed by atoms with E-state index < -0.39 is 11.7 Å². The summed E-state index contributed by atoms with van der Waals surface area (Å²) < 4.78 is 18.7. The van der Waals surface area contributed by atoms with Crippen LogP contribution in [0.5, 0.6) is 0 Å². The van der Waals surface area contributed by atoms with Gasteiger partial charge in [-0.2, -0.15) is 0 Å². The van der Waals surface area contributed by atoms with Crippen LogP contribution >= 0.6 is 0 Å². The number of Topliss-reactive ketones (excluding diaryl/α,β-unsaturated/α-hetero) is 1. The highest BCUT2D eigenvalue weighted by Crippen LogP contribution is 2.20. The van der Waals surface area contributed by atoms with Crippen molar-refractivity contribution >= 4 is 23.3 Å². The van der Waals surface area contributed by atoms with Crippen LogP contribution in [-0.4, -0.2) is 55.2 Å². The van der Waals surface area contributed by atoms with Crippen LogP contribution in [0.2, 0.25) is 0 Å². The number of piperazine rings is 1. The molecule has 0 spiro atoms. The summed E-state index contributed by atoms with van der Waals surface area (Å²) >= 11 is 0. The van der Waals surface area contributed by atoms with Crippen LogP contribution in [0.4, 0.5) is 10.1 Å². The van der Waals surface area contributed by atoms with Gasteiger partial charge in [0.1, 0.15) is 5.82 Å². The minimum absolute atomic E-state index is 0.0755. The summed E-state index contributed by atoms with van der Waals surface area (Å²) in [5, 5.41) is 2.31. The molecular weight excluding hydrogens is 341 g/mol. The van der Waals surface area contributed by atoms with Gasteiger partial charge < -0.3 is 19.5 Å². The predicted molar refractivity (Wildman–Crippen MR) is 91.2 cm³/mol. The average Bonchev–Trinajstić information content (AvgIpc) is 3.20. The molecule has 2 amide bonds. The van der Waals surface area contributed by atoms with Gasteiger partial charge in [-0.1, -0.05) is 12.1 Å². The molecule has 0 unspecified atom stereocenters. The Morgan fingerprint density at radius 1 is 1.04 bits per heavy atom. The van der Waals surface area contributed by atoms with Gasteiger partial charge in [0.25, 0.3) is 11.7 Å². The lowest BCUT2D eigenvalue weighted by atomic mass is 10.2. The zero-order valence-corrected chi connectivity index (χ0v) is 14.0. The molecule has 3 rings (SSSR count).